The van der Waals surface area contributed by atoms with Gasteiger partial charge in [-0.2, -0.15) is 0 Å². The van der Waals surface area contributed by atoms with E-state index in [1.54, 1.807) is 17.0 Å². The molecular formula is C13H17ClN2O2. The zero-order chi connectivity index (χ0) is 13.1. The molecule has 0 atom stereocenters. The molecule has 0 spiro atoms. The number of aryl methyl sites for hydroxylation is 1. The van der Waals surface area contributed by atoms with Gasteiger partial charge in [0.25, 0.3) is 0 Å². The SMILES string of the molecule is Cc1ccc(Cl)c(OC(=O)N2CCC(N)CC2)c1. The van der Waals surface area contributed by atoms with Gasteiger partial charge in [0.15, 0.2) is 5.75 Å². The zero-order valence-electron chi connectivity index (χ0n) is 10.4. The summed E-state index contributed by atoms with van der Waals surface area (Å²) in [6.07, 6.45) is 1.28. The van der Waals surface area contributed by atoms with Crippen molar-refractivity contribution in [1.29, 1.82) is 0 Å². The molecule has 1 fully saturated rings. The topological polar surface area (TPSA) is 55.6 Å². The van der Waals surface area contributed by atoms with Crippen LogP contribution >= 0.6 is 11.6 Å². The number of nitrogens with two attached hydrogens (primary N) is 1. The minimum absolute atomic E-state index is 0.191. The third-order valence-corrected chi connectivity index (χ3v) is 3.39. The lowest BCUT2D eigenvalue weighted by Gasteiger charge is -2.29. The maximum absolute atomic E-state index is 11.9. The molecule has 1 aromatic rings. The number of hydrogen-bond donors (Lipinski definition) is 1. The van der Waals surface area contributed by atoms with Crippen LogP contribution < -0.4 is 10.5 Å². The number of amides is 1. The summed E-state index contributed by atoms with van der Waals surface area (Å²) >= 11 is 5.99. The maximum atomic E-state index is 11.9. The smallest absolute Gasteiger partial charge is 0.409 e. The van der Waals surface area contributed by atoms with Gasteiger partial charge in [0.05, 0.1) is 5.02 Å². The van der Waals surface area contributed by atoms with Gasteiger partial charge in [0.1, 0.15) is 0 Å². The molecule has 1 aromatic carbocycles. The number of benzene rings is 1. The van der Waals surface area contributed by atoms with Crippen LogP contribution in [0.3, 0.4) is 0 Å². The van der Waals surface area contributed by atoms with E-state index in [0.29, 0.717) is 23.9 Å². The van der Waals surface area contributed by atoms with Crippen molar-refractivity contribution in [3.8, 4) is 5.75 Å². The van der Waals surface area contributed by atoms with Crippen molar-refractivity contribution in [2.24, 2.45) is 5.73 Å². The van der Waals surface area contributed by atoms with Gasteiger partial charge < -0.3 is 15.4 Å². The first-order valence-corrected chi connectivity index (χ1v) is 6.42. The molecule has 0 bridgehead atoms. The van der Waals surface area contributed by atoms with Crippen molar-refractivity contribution in [1.82, 2.24) is 4.90 Å². The Morgan fingerprint density at radius 1 is 1.44 bits per heavy atom. The molecule has 1 heterocycles. The molecule has 1 amide bonds. The van der Waals surface area contributed by atoms with Crippen LogP contribution in [0, 0.1) is 6.92 Å². The molecule has 2 rings (SSSR count). The second-order valence-electron chi connectivity index (χ2n) is 4.63. The maximum Gasteiger partial charge on any atom is 0.415 e. The Morgan fingerprint density at radius 3 is 2.78 bits per heavy atom. The first-order valence-electron chi connectivity index (χ1n) is 6.05. The Morgan fingerprint density at radius 2 is 2.11 bits per heavy atom. The number of carbonyl (C=O) groups excluding carboxylic acids is 1. The summed E-state index contributed by atoms with van der Waals surface area (Å²) < 4.78 is 5.31. The van der Waals surface area contributed by atoms with Crippen molar-refractivity contribution in [3.63, 3.8) is 0 Å². The number of rotatable bonds is 1. The van der Waals surface area contributed by atoms with Gasteiger partial charge in [-0.15, -0.1) is 0 Å². The number of hydrogen-bond acceptors (Lipinski definition) is 3. The van der Waals surface area contributed by atoms with Gasteiger partial charge in [-0.1, -0.05) is 17.7 Å². The second-order valence-corrected chi connectivity index (χ2v) is 5.03. The van der Waals surface area contributed by atoms with Crippen molar-refractivity contribution in [2.45, 2.75) is 25.8 Å². The molecule has 1 saturated heterocycles. The summed E-state index contributed by atoms with van der Waals surface area (Å²) in [5.74, 6) is 0.413. The molecule has 0 radical (unpaired) electrons. The van der Waals surface area contributed by atoms with E-state index in [2.05, 4.69) is 0 Å². The van der Waals surface area contributed by atoms with Crippen molar-refractivity contribution in [2.75, 3.05) is 13.1 Å². The molecule has 1 aliphatic heterocycles. The highest BCUT2D eigenvalue weighted by Crippen LogP contribution is 2.26. The summed E-state index contributed by atoms with van der Waals surface area (Å²) in [5, 5.41) is 0.447. The number of nitrogens with zero attached hydrogens (tertiary/aromatic N) is 1. The summed E-state index contributed by atoms with van der Waals surface area (Å²) in [4.78, 5) is 13.6. The van der Waals surface area contributed by atoms with Crippen molar-refractivity contribution in [3.05, 3.63) is 28.8 Å². The van der Waals surface area contributed by atoms with Crippen LogP contribution in [0.4, 0.5) is 4.79 Å². The molecule has 0 unspecified atom stereocenters. The third kappa shape index (κ3) is 3.15. The van der Waals surface area contributed by atoms with Crippen LogP contribution in [0.25, 0.3) is 0 Å². The highest BCUT2D eigenvalue weighted by Gasteiger charge is 2.22. The van der Waals surface area contributed by atoms with Gasteiger partial charge in [-0.05, 0) is 37.5 Å². The van der Waals surface area contributed by atoms with Gasteiger partial charge in [0, 0.05) is 19.1 Å². The first-order chi connectivity index (χ1) is 8.56. The Balaban J connectivity index is 2.00. The molecule has 1 aliphatic rings. The van der Waals surface area contributed by atoms with E-state index < -0.39 is 0 Å². The minimum Gasteiger partial charge on any atom is -0.409 e. The van der Waals surface area contributed by atoms with Crippen LogP contribution in [-0.2, 0) is 0 Å². The summed E-state index contributed by atoms with van der Waals surface area (Å²) in [7, 11) is 0. The average molecular weight is 269 g/mol. The van der Waals surface area contributed by atoms with E-state index in [0.717, 1.165) is 18.4 Å². The number of halogens is 1. The lowest BCUT2D eigenvalue weighted by atomic mass is 10.1. The highest BCUT2D eigenvalue weighted by atomic mass is 35.5. The quantitative estimate of drug-likeness (QED) is 0.852. The molecule has 2 N–H and O–H groups in total. The normalized spacial score (nSPS) is 16.7. The third-order valence-electron chi connectivity index (χ3n) is 3.08. The lowest BCUT2D eigenvalue weighted by molar-refractivity contribution is 0.139. The van der Waals surface area contributed by atoms with Crippen LogP contribution in [0.2, 0.25) is 5.02 Å². The lowest BCUT2D eigenvalue weighted by Crippen LogP contribution is -2.44. The number of likely N-dealkylation sites (tertiary alicyclic amines) is 1. The first kappa shape index (κ1) is 13.2. The molecular weight excluding hydrogens is 252 g/mol. The number of piperidine rings is 1. The highest BCUT2D eigenvalue weighted by molar-refractivity contribution is 6.32. The summed E-state index contributed by atoms with van der Waals surface area (Å²) in [6.45, 7) is 3.21. The largest absolute Gasteiger partial charge is 0.415 e. The van der Waals surface area contributed by atoms with Crippen molar-refractivity contribution < 1.29 is 9.53 Å². The fraction of sp³-hybridized carbons (Fsp3) is 0.462. The minimum atomic E-state index is -0.352. The average Bonchev–Trinajstić information content (AvgIpc) is 2.34. The zero-order valence-corrected chi connectivity index (χ0v) is 11.1. The van der Waals surface area contributed by atoms with Crippen LogP contribution in [-0.4, -0.2) is 30.1 Å². The van der Waals surface area contributed by atoms with E-state index in [-0.39, 0.29) is 12.1 Å². The summed E-state index contributed by atoms with van der Waals surface area (Å²) in [6, 6.07) is 5.55. The van der Waals surface area contributed by atoms with Gasteiger partial charge >= 0.3 is 6.09 Å². The van der Waals surface area contributed by atoms with E-state index in [4.69, 9.17) is 22.1 Å². The van der Waals surface area contributed by atoms with E-state index in [1.807, 2.05) is 13.0 Å². The Hall–Kier alpha value is -1.26. The second kappa shape index (κ2) is 5.59. The van der Waals surface area contributed by atoms with E-state index in [1.165, 1.54) is 0 Å². The number of carbonyl (C=O) groups is 1. The molecule has 4 nitrogen and oxygen atoms in total. The Bertz CT molecular complexity index is 443. The van der Waals surface area contributed by atoms with E-state index in [9.17, 15) is 4.79 Å². The van der Waals surface area contributed by atoms with Crippen LogP contribution in [0.5, 0.6) is 5.75 Å². The number of ether oxygens (including phenoxy) is 1. The fourth-order valence-corrected chi connectivity index (χ4v) is 2.09. The predicted molar refractivity (Wildman–Crippen MR) is 71.0 cm³/mol. The monoisotopic (exact) mass is 268 g/mol. The summed E-state index contributed by atoms with van der Waals surface area (Å²) in [5.41, 5.74) is 6.80. The Labute approximate surface area is 112 Å². The molecule has 0 saturated carbocycles. The molecule has 0 aromatic heterocycles. The van der Waals surface area contributed by atoms with Gasteiger partial charge in [-0.3, -0.25) is 0 Å². The molecule has 98 valence electrons. The van der Waals surface area contributed by atoms with E-state index >= 15 is 0 Å². The fourth-order valence-electron chi connectivity index (χ4n) is 1.93. The molecule has 18 heavy (non-hydrogen) atoms. The van der Waals surface area contributed by atoms with Gasteiger partial charge in [0.2, 0.25) is 0 Å². The van der Waals surface area contributed by atoms with Crippen LogP contribution in [0.15, 0.2) is 18.2 Å². The van der Waals surface area contributed by atoms with Crippen molar-refractivity contribution >= 4 is 17.7 Å². The van der Waals surface area contributed by atoms with Gasteiger partial charge in [-0.25, -0.2) is 4.79 Å². The predicted octanol–water partition coefficient (Wildman–Crippen LogP) is 2.57. The van der Waals surface area contributed by atoms with Crippen LogP contribution in [0.1, 0.15) is 18.4 Å². The molecule has 0 aliphatic carbocycles. The Kier molecular flexibility index (Phi) is 4.09. The standard InChI is InChI=1S/C13H17ClN2O2/c1-9-2-3-11(14)12(8-9)18-13(17)16-6-4-10(15)5-7-16/h2-3,8,10H,4-7,15H2,1H3. The molecule has 5 heteroatoms.